The van der Waals surface area contributed by atoms with Crippen LogP contribution in [-0.2, 0) is 6.42 Å². The first-order valence-electron chi connectivity index (χ1n) is 7.73. The largest absolute Gasteiger partial charge is 0.496 e. The number of hydrogen-bond donors (Lipinski definition) is 1. The van der Waals surface area contributed by atoms with Crippen molar-refractivity contribution in [3.8, 4) is 22.7 Å². The van der Waals surface area contributed by atoms with E-state index in [-0.39, 0.29) is 0 Å². The zero-order valence-corrected chi connectivity index (χ0v) is 16.4. The Bertz CT molecular complexity index is 971. The third kappa shape index (κ3) is 2.90. The van der Waals surface area contributed by atoms with Gasteiger partial charge in [0.05, 0.1) is 17.8 Å². The van der Waals surface area contributed by atoms with Gasteiger partial charge in [0.15, 0.2) is 0 Å². The number of anilines is 1. The molecule has 2 heterocycles. The second-order valence-corrected chi connectivity index (χ2v) is 7.46. The Balaban J connectivity index is 1.96. The molecule has 128 valence electrons. The summed E-state index contributed by atoms with van der Waals surface area (Å²) in [6.45, 7) is 0.856. The lowest BCUT2D eigenvalue weighted by atomic mass is 10.1. The van der Waals surface area contributed by atoms with E-state index in [4.69, 9.17) is 33.0 Å². The zero-order valence-electron chi connectivity index (χ0n) is 13.3. The molecule has 0 unspecified atom stereocenters. The highest BCUT2D eigenvalue weighted by Crippen LogP contribution is 2.40. The third-order valence-electron chi connectivity index (χ3n) is 4.20. The molecule has 0 saturated heterocycles. The fourth-order valence-corrected chi connectivity index (χ4v) is 3.80. The van der Waals surface area contributed by atoms with E-state index in [1.54, 1.807) is 19.2 Å². The molecular weight excluding hydrogens is 425 g/mol. The number of methoxy groups -OCH3 is 1. The van der Waals surface area contributed by atoms with Gasteiger partial charge in [-0.05, 0) is 42.8 Å². The summed E-state index contributed by atoms with van der Waals surface area (Å²) in [4.78, 5) is 0. The molecule has 25 heavy (non-hydrogen) atoms. The van der Waals surface area contributed by atoms with Gasteiger partial charge < -0.3 is 10.1 Å². The van der Waals surface area contributed by atoms with Gasteiger partial charge in [0.2, 0.25) is 0 Å². The number of fused-ring (bicyclic) bond motifs is 1. The zero-order chi connectivity index (χ0) is 17.6. The van der Waals surface area contributed by atoms with Crippen molar-refractivity contribution in [1.82, 2.24) is 9.78 Å². The number of halogens is 3. The van der Waals surface area contributed by atoms with Crippen LogP contribution in [0.4, 0.5) is 5.82 Å². The van der Waals surface area contributed by atoms with Gasteiger partial charge in [-0.2, -0.15) is 5.10 Å². The highest BCUT2D eigenvalue weighted by atomic mass is 79.9. The standard InChI is InChI=1S/C18H14BrCl2N3O/c1-25-16-5-2-10(19)8-13(16)17-12-6-7-22-18(12)24(23-17)15-9-11(20)3-4-14(15)21/h2-5,8-9,22H,6-7H2,1H3. The maximum Gasteiger partial charge on any atom is 0.133 e. The molecule has 0 fully saturated rings. The lowest BCUT2D eigenvalue weighted by Crippen LogP contribution is -2.05. The normalized spacial score (nSPS) is 12.8. The Kier molecular flexibility index (Phi) is 4.40. The smallest absolute Gasteiger partial charge is 0.133 e. The van der Waals surface area contributed by atoms with E-state index in [1.807, 2.05) is 28.9 Å². The van der Waals surface area contributed by atoms with E-state index in [0.717, 1.165) is 51.5 Å². The van der Waals surface area contributed by atoms with Gasteiger partial charge in [-0.1, -0.05) is 39.1 Å². The molecule has 0 aliphatic carbocycles. The number of nitrogens with zero attached hydrogens (tertiary/aromatic N) is 2. The van der Waals surface area contributed by atoms with E-state index >= 15 is 0 Å². The maximum absolute atomic E-state index is 6.39. The highest BCUT2D eigenvalue weighted by Gasteiger charge is 2.26. The van der Waals surface area contributed by atoms with Crippen LogP contribution in [0.3, 0.4) is 0 Å². The van der Waals surface area contributed by atoms with Crippen molar-refractivity contribution in [1.29, 1.82) is 0 Å². The summed E-state index contributed by atoms with van der Waals surface area (Å²) < 4.78 is 8.33. The number of aromatic nitrogens is 2. The number of benzene rings is 2. The van der Waals surface area contributed by atoms with Crippen LogP contribution in [-0.4, -0.2) is 23.4 Å². The molecule has 0 amide bonds. The van der Waals surface area contributed by atoms with Crippen molar-refractivity contribution in [2.75, 3.05) is 19.0 Å². The molecule has 7 heteroatoms. The Morgan fingerprint density at radius 3 is 2.84 bits per heavy atom. The van der Waals surface area contributed by atoms with Crippen LogP contribution in [0.25, 0.3) is 16.9 Å². The molecule has 1 aliphatic rings. The summed E-state index contributed by atoms with van der Waals surface area (Å²) in [6.07, 6.45) is 0.887. The third-order valence-corrected chi connectivity index (χ3v) is 5.25. The van der Waals surface area contributed by atoms with E-state index in [9.17, 15) is 0 Å². The Morgan fingerprint density at radius 1 is 1.20 bits per heavy atom. The van der Waals surface area contributed by atoms with Crippen LogP contribution in [0.15, 0.2) is 40.9 Å². The predicted octanol–water partition coefficient (Wildman–Crippen LogP) is 5.59. The van der Waals surface area contributed by atoms with Gasteiger partial charge in [-0.15, -0.1) is 0 Å². The van der Waals surface area contributed by atoms with Crippen LogP contribution < -0.4 is 10.1 Å². The van der Waals surface area contributed by atoms with Crippen molar-refractivity contribution < 1.29 is 4.74 Å². The van der Waals surface area contributed by atoms with Crippen LogP contribution in [0, 0.1) is 0 Å². The van der Waals surface area contributed by atoms with E-state index < -0.39 is 0 Å². The molecule has 0 atom stereocenters. The van der Waals surface area contributed by atoms with Crippen molar-refractivity contribution in [2.45, 2.75) is 6.42 Å². The first kappa shape index (κ1) is 16.8. The molecular formula is C18H14BrCl2N3O. The van der Waals surface area contributed by atoms with Gasteiger partial charge in [0.25, 0.3) is 0 Å². The second-order valence-electron chi connectivity index (χ2n) is 5.70. The second kappa shape index (κ2) is 6.56. The topological polar surface area (TPSA) is 39.1 Å². The number of hydrogen-bond acceptors (Lipinski definition) is 3. The first-order valence-corrected chi connectivity index (χ1v) is 9.28. The van der Waals surface area contributed by atoms with E-state index in [1.165, 1.54) is 0 Å². The van der Waals surface area contributed by atoms with Crippen molar-refractivity contribution in [3.05, 3.63) is 56.5 Å². The van der Waals surface area contributed by atoms with Crippen molar-refractivity contribution >= 4 is 44.9 Å². The Labute approximate surface area is 163 Å². The summed E-state index contributed by atoms with van der Waals surface area (Å²) in [6, 6.07) is 11.3. The predicted molar refractivity (Wildman–Crippen MR) is 105 cm³/mol. The lowest BCUT2D eigenvalue weighted by molar-refractivity contribution is 0.416. The summed E-state index contributed by atoms with van der Waals surface area (Å²) in [5, 5.41) is 9.44. The van der Waals surface area contributed by atoms with Crippen LogP contribution >= 0.6 is 39.1 Å². The van der Waals surface area contributed by atoms with Crippen LogP contribution in [0.5, 0.6) is 5.75 Å². The monoisotopic (exact) mass is 437 g/mol. The van der Waals surface area contributed by atoms with Gasteiger partial charge in [0.1, 0.15) is 17.3 Å². The van der Waals surface area contributed by atoms with Gasteiger partial charge in [-0.3, -0.25) is 0 Å². The lowest BCUT2D eigenvalue weighted by Gasteiger charge is -2.09. The molecule has 1 N–H and O–H groups in total. The van der Waals surface area contributed by atoms with E-state index in [2.05, 4.69) is 21.2 Å². The van der Waals surface area contributed by atoms with E-state index in [0.29, 0.717) is 10.0 Å². The molecule has 4 nitrogen and oxygen atoms in total. The SMILES string of the molecule is COc1ccc(Br)cc1-c1nn(-c2cc(Cl)ccc2Cl)c2c1CCN2. The fraction of sp³-hybridized carbons (Fsp3) is 0.167. The minimum absolute atomic E-state index is 0.594. The summed E-state index contributed by atoms with van der Waals surface area (Å²) in [5.41, 5.74) is 3.72. The molecule has 4 rings (SSSR count). The highest BCUT2D eigenvalue weighted by molar-refractivity contribution is 9.10. The molecule has 0 saturated carbocycles. The minimum Gasteiger partial charge on any atom is -0.496 e. The van der Waals surface area contributed by atoms with Crippen molar-refractivity contribution in [2.24, 2.45) is 0 Å². The molecule has 0 radical (unpaired) electrons. The number of rotatable bonds is 3. The molecule has 1 aliphatic heterocycles. The Morgan fingerprint density at radius 2 is 2.04 bits per heavy atom. The quantitative estimate of drug-likeness (QED) is 0.579. The van der Waals surface area contributed by atoms with Gasteiger partial charge in [0, 0.05) is 27.2 Å². The first-order chi connectivity index (χ1) is 12.1. The summed E-state index contributed by atoms with van der Waals surface area (Å²) in [5.74, 6) is 1.72. The molecule has 0 spiro atoms. The minimum atomic E-state index is 0.594. The summed E-state index contributed by atoms with van der Waals surface area (Å²) in [7, 11) is 1.66. The molecule has 0 bridgehead atoms. The van der Waals surface area contributed by atoms with Crippen LogP contribution in [0.1, 0.15) is 5.56 Å². The average Bonchev–Trinajstić information content (AvgIpc) is 3.19. The molecule has 2 aromatic carbocycles. The van der Waals surface area contributed by atoms with Crippen LogP contribution in [0.2, 0.25) is 10.0 Å². The fourth-order valence-electron chi connectivity index (χ4n) is 3.08. The average molecular weight is 439 g/mol. The molecule has 3 aromatic rings. The summed E-state index contributed by atoms with van der Waals surface area (Å²) >= 11 is 16.1. The van der Waals surface area contributed by atoms with Gasteiger partial charge >= 0.3 is 0 Å². The number of ether oxygens (including phenoxy) is 1. The van der Waals surface area contributed by atoms with Gasteiger partial charge in [-0.25, -0.2) is 4.68 Å². The molecule has 1 aromatic heterocycles. The number of nitrogens with one attached hydrogen (secondary N) is 1. The maximum atomic E-state index is 6.39. The van der Waals surface area contributed by atoms with Crippen molar-refractivity contribution in [3.63, 3.8) is 0 Å². The Hall–Kier alpha value is -1.69.